The number of pyridine rings is 1. The van der Waals surface area contributed by atoms with Crippen LogP contribution in [-0.2, 0) is 9.53 Å². The van der Waals surface area contributed by atoms with E-state index >= 15 is 0 Å². The van der Waals surface area contributed by atoms with Crippen molar-refractivity contribution in [2.75, 3.05) is 25.1 Å². The molecule has 2 heterocycles. The Bertz CT molecular complexity index is 536. The molecule has 0 aliphatic rings. The van der Waals surface area contributed by atoms with Crippen molar-refractivity contribution in [3.05, 3.63) is 24.6 Å². The van der Waals surface area contributed by atoms with Gasteiger partial charge in [-0.25, -0.2) is 4.98 Å². The zero-order chi connectivity index (χ0) is 13.0. The first-order valence-corrected chi connectivity index (χ1v) is 5.91. The molecule has 0 aliphatic heterocycles. The Balaban J connectivity index is 2.06. The van der Waals surface area contributed by atoms with Crippen molar-refractivity contribution in [3.63, 3.8) is 0 Å². The number of carbonyl (C=O) groups is 1. The Hall–Kier alpha value is -2.04. The number of hydrogen-bond acceptors (Lipinski definition) is 5. The lowest BCUT2D eigenvalue weighted by Gasteiger charge is -2.17. The minimum atomic E-state index is -0.191. The molecule has 0 unspecified atom stereocenters. The zero-order valence-corrected chi connectivity index (χ0v) is 10.5. The highest BCUT2D eigenvalue weighted by Gasteiger charge is 2.11. The summed E-state index contributed by atoms with van der Waals surface area (Å²) >= 11 is 0. The van der Waals surface area contributed by atoms with Crippen LogP contribution in [0.25, 0.3) is 11.0 Å². The summed E-state index contributed by atoms with van der Waals surface area (Å²) in [6.45, 7) is 2.78. The number of esters is 1. The van der Waals surface area contributed by atoms with Gasteiger partial charge in [0.25, 0.3) is 0 Å². The molecule has 0 saturated heterocycles. The summed E-state index contributed by atoms with van der Waals surface area (Å²) in [5.41, 5.74) is 0.794. The Kier molecular flexibility index (Phi) is 3.82. The van der Waals surface area contributed by atoms with E-state index < -0.39 is 0 Å². The second-order valence-electron chi connectivity index (χ2n) is 3.94. The van der Waals surface area contributed by atoms with Crippen LogP contribution < -0.4 is 4.90 Å². The maximum absolute atomic E-state index is 11.3. The average Bonchev–Trinajstić information content (AvgIpc) is 2.84. The third-order valence-corrected chi connectivity index (χ3v) is 2.68. The first-order valence-electron chi connectivity index (χ1n) is 5.91. The smallest absolute Gasteiger partial charge is 0.307 e. The second kappa shape index (κ2) is 5.53. The van der Waals surface area contributed by atoms with Crippen molar-refractivity contribution in [1.82, 2.24) is 4.98 Å². The lowest BCUT2D eigenvalue weighted by atomic mass is 10.3. The minimum absolute atomic E-state index is 0.191. The van der Waals surface area contributed by atoms with Gasteiger partial charge in [0.15, 0.2) is 0 Å². The van der Waals surface area contributed by atoms with Crippen LogP contribution in [0.1, 0.15) is 13.3 Å². The summed E-state index contributed by atoms with van der Waals surface area (Å²) < 4.78 is 10.2. The number of anilines is 1. The molecule has 0 bridgehead atoms. The predicted molar refractivity (Wildman–Crippen MR) is 68.5 cm³/mol. The van der Waals surface area contributed by atoms with Crippen molar-refractivity contribution >= 4 is 22.8 Å². The first-order chi connectivity index (χ1) is 8.72. The normalized spacial score (nSPS) is 10.6. The molecule has 5 heteroatoms. The Labute approximate surface area is 105 Å². The molecule has 18 heavy (non-hydrogen) atoms. The van der Waals surface area contributed by atoms with Crippen LogP contribution in [0.2, 0.25) is 0 Å². The van der Waals surface area contributed by atoms with Crippen LogP contribution in [0.5, 0.6) is 0 Å². The summed E-state index contributed by atoms with van der Waals surface area (Å²) in [7, 11) is 1.90. The van der Waals surface area contributed by atoms with E-state index in [0.717, 1.165) is 16.8 Å². The molecule has 2 aromatic rings. The zero-order valence-electron chi connectivity index (χ0n) is 10.5. The highest BCUT2D eigenvalue weighted by Crippen LogP contribution is 2.24. The van der Waals surface area contributed by atoms with Gasteiger partial charge < -0.3 is 14.1 Å². The largest absolute Gasteiger partial charge is 0.466 e. The van der Waals surface area contributed by atoms with Gasteiger partial charge in [0.1, 0.15) is 11.4 Å². The molecule has 0 radical (unpaired) electrons. The summed E-state index contributed by atoms with van der Waals surface area (Å²) in [5, 5.41) is 0.948. The Morgan fingerprint density at radius 2 is 2.33 bits per heavy atom. The predicted octanol–water partition coefficient (Wildman–Crippen LogP) is 2.22. The van der Waals surface area contributed by atoms with E-state index in [1.165, 1.54) is 0 Å². The number of ether oxygens (including phenoxy) is 1. The van der Waals surface area contributed by atoms with Gasteiger partial charge >= 0.3 is 5.97 Å². The van der Waals surface area contributed by atoms with Gasteiger partial charge in [-0.05, 0) is 19.1 Å². The van der Waals surface area contributed by atoms with Crippen LogP contribution in [-0.4, -0.2) is 31.2 Å². The summed E-state index contributed by atoms with van der Waals surface area (Å²) in [6.07, 6.45) is 3.68. The van der Waals surface area contributed by atoms with Gasteiger partial charge in [0.2, 0.25) is 0 Å². The molecule has 2 aromatic heterocycles. The standard InChI is InChI=1S/C13H16N2O3/c1-3-17-12(16)5-8-15(2)13-10-6-9-18-11(10)4-7-14-13/h4,6-7,9H,3,5,8H2,1-2H3. The van der Waals surface area contributed by atoms with Gasteiger partial charge in [-0.3, -0.25) is 4.79 Å². The van der Waals surface area contributed by atoms with Crippen molar-refractivity contribution < 1.29 is 13.9 Å². The minimum Gasteiger partial charge on any atom is -0.466 e. The third-order valence-electron chi connectivity index (χ3n) is 2.68. The van der Waals surface area contributed by atoms with E-state index in [9.17, 15) is 4.79 Å². The lowest BCUT2D eigenvalue weighted by Crippen LogP contribution is -2.23. The highest BCUT2D eigenvalue weighted by atomic mass is 16.5. The molecule has 0 aromatic carbocycles. The van der Waals surface area contributed by atoms with E-state index in [0.29, 0.717) is 19.6 Å². The SMILES string of the molecule is CCOC(=O)CCN(C)c1nccc2occc12. The molecular weight excluding hydrogens is 232 g/mol. The highest BCUT2D eigenvalue weighted by molar-refractivity contribution is 5.88. The Morgan fingerprint density at radius 3 is 3.11 bits per heavy atom. The number of carbonyl (C=O) groups excluding carboxylic acids is 1. The quantitative estimate of drug-likeness (QED) is 0.759. The van der Waals surface area contributed by atoms with Crippen molar-refractivity contribution in [3.8, 4) is 0 Å². The number of furan rings is 1. The van der Waals surface area contributed by atoms with Crippen molar-refractivity contribution in [1.29, 1.82) is 0 Å². The number of aromatic nitrogens is 1. The summed E-state index contributed by atoms with van der Waals surface area (Å²) in [4.78, 5) is 17.5. The van der Waals surface area contributed by atoms with Crippen LogP contribution in [0.3, 0.4) is 0 Å². The number of rotatable bonds is 5. The van der Waals surface area contributed by atoms with Gasteiger partial charge in [0, 0.05) is 19.8 Å². The van der Waals surface area contributed by atoms with Crippen LogP contribution >= 0.6 is 0 Å². The molecule has 0 N–H and O–H groups in total. The fourth-order valence-electron chi connectivity index (χ4n) is 1.78. The van der Waals surface area contributed by atoms with Gasteiger partial charge in [-0.2, -0.15) is 0 Å². The molecule has 2 rings (SSSR count). The van der Waals surface area contributed by atoms with E-state index in [1.54, 1.807) is 19.4 Å². The summed E-state index contributed by atoms with van der Waals surface area (Å²) in [6, 6.07) is 3.69. The lowest BCUT2D eigenvalue weighted by molar-refractivity contribution is -0.142. The first kappa shape index (κ1) is 12.4. The molecule has 0 amide bonds. The molecule has 0 spiro atoms. The van der Waals surface area contributed by atoms with Crippen LogP contribution in [0.15, 0.2) is 29.0 Å². The monoisotopic (exact) mass is 248 g/mol. The molecule has 5 nitrogen and oxygen atoms in total. The van der Waals surface area contributed by atoms with E-state index in [2.05, 4.69) is 4.98 Å². The molecule has 0 aliphatic carbocycles. The molecule has 0 fully saturated rings. The van der Waals surface area contributed by atoms with E-state index in [4.69, 9.17) is 9.15 Å². The Morgan fingerprint density at radius 1 is 1.50 bits per heavy atom. The second-order valence-corrected chi connectivity index (χ2v) is 3.94. The topological polar surface area (TPSA) is 55.6 Å². The number of hydrogen-bond donors (Lipinski definition) is 0. The van der Waals surface area contributed by atoms with Crippen molar-refractivity contribution in [2.24, 2.45) is 0 Å². The third kappa shape index (κ3) is 2.61. The van der Waals surface area contributed by atoms with E-state index in [-0.39, 0.29) is 5.97 Å². The van der Waals surface area contributed by atoms with Crippen LogP contribution in [0, 0.1) is 0 Å². The van der Waals surface area contributed by atoms with E-state index in [1.807, 2.05) is 24.1 Å². The molecule has 96 valence electrons. The van der Waals surface area contributed by atoms with Gasteiger partial charge in [-0.1, -0.05) is 0 Å². The maximum Gasteiger partial charge on any atom is 0.307 e. The molecule has 0 saturated carbocycles. The fraction of sp³-hybridized carbons (Fsp3) is 0.385. The average molecular weight is 248 g/mol. The van der Waals surface area contributed by atoms with Crippen molar-refractivity contribution in [2.45, 2.75) is 13.3 Å². The summed E-state index contributed by atoms with van der Waals surface area (Å²) in [5.74, 6) is 0.620. The number of nitrogens with zero attached hydrogens (tertiary/aromatic N) is 2. The maximum atomic E-state index is 11.3. The number of fused-ring (bicyclic) bond motifs is 1. The fourth-order valence-corrected chi connectivity index (χ4v) is 1.78. The van der Waals surface area contributed by atoms with Gasteiger partial charge in [-0.15, -0.1) is 0 Å². The van der Waals surface area contributed by atoms with Crippen LogP contribution in [0.4, 0.5) is 5.82 Å². The van der Waals surface area contributed by atoms with Gasteiger partial charge in [0.05, 0.1) is 24.7 Å². The molecule has 0 atom stereocenters. The molecular formula is C13H16N2O3.